The predicted molar refractivity (Wildman–Crippen MR) is 79.7 cm³/mol. The van der Waals surface area contributed by atoms with Crippen molar-refractivity contribution in [1.29, 1.82) is 0 Å². The van der Waals surface area contributed by atoms with Crippen LogP contribution in [0.25, 0.3) is 6.08 Å². The molecule has 0 aromatic heterocycles. The normalized spacial score (nSPS) is 13.1. The first kappa shape index (κ1) is 17.1. The number of benzene rings is 1. The largest absolute Gasteiger partial charge is 0.446 e. The van der Waals surface area contributed by atoms with Gasteiger partial charge in [-0.2, -0.15) is 13.2 Å². The summed E-state index contributed by atoms with van der Waals surface area (Å²) in [6.45, 7) is 7.95. The Morgan fingerprint density at radius 2 is 1.85 bits per heavy atom. The van der Waals surface area contributed by atoms with Crippen molar-refractivity contribution in [2.75, 3.05) is 13.1 Å². The van der Waals surface area contributed by atoms with Crippen molar-refractivity contribution >= 4 is 17.8 Å². The molecule has 1 nitrogen and oxygen atoms in total. The van der Waals surface area contributed by atoms with Crippen LogP contribution in [0.5, 0.6) is 0 Å². The summed E-state index contributed by atoms with van der Waals surface area (Å²) in [5.41, 5.74) is -2.06. The van der Waals surface area contributed by atoms with Crippen molar-refractivity contribution in [2.24, 2.45) is 5.92 Å². The molecule has 0 saturated carbocycles. The van der Waals surface area contributed by atoms with Crippen LogP contribution in [0.15, 0.2) is 34.7 Å². The first-order valence-corrected chi connectivity index (χ1v) is 7.40. The van der Waals surface area contributed by atoms with E-state index in [-0.39, 0.29) is 16.7 Å². The van der Waals surface area contributed by atoms with Crippen LogP contribution in [0.4, 0.5) is 13.2 Å². The third kappa shape index (κ3) is 6.48. The third-order valence-corrected chi connectivity index (χ3v) is 3.53. The van der Waals surface area contributed by atoms with Gasteiger partial charge in [0.1, 0.15) is 0 Å². The maximum absolute atomic E-state index is 12.2. The Kier molecular flexibility index (Phi) is 6.62. The van der Waals surface area contributed by atoms with Crippen LogP contribution < -0.4 is 5.32 Å². The van der Waals surface area contributed by atoms with E-state index < -0.39 is 5.51 Å². The second-order valence-electron chi connectivity index (χ2n) is 4.77. The Bertz CT molecular complexity index is 435. The molecule has 1 N–H and O–H groups in total. The fraction of sp³-hybridized carbons (Fsp3) is 0.467. The Balaban J connectivity index is 2.80. The molecule has 1 rings (SSSR count). The summed E-state index contributed by atoms with van der Waals surface area (Å²) in [6.07, 6.45) is 2.04. The molecule has 0 radical (unpaired) electrons. The number of alkyl halides is 3. The molecule has 0 heterocycles. The zero-order valence-electron chi connectivity index (χ0n) is 11.9. The van der Waals surface area contributed by atoms with Gasteiger partial charge in [-0.15, -0.1) is 0 Å². The van der Waals surface area contributed by atoms with Gasteiger partial charge in [-0.05, 0) is 41.9 Å². The van der Waals surface area contributed by atoms with Crippen LogP contribution in [-0.4, -0.2) is 18.6 Å². The van der Waals surface area contributed by atoms with Gasteiger partial charge < -0.3 is 5.32 Å². The average Bonchev–Trinajstić information content (AvgIpc) is 2.34. The van der Waals surface area contributed by atoms with Crippen LogP contribution in [0.1, 0.15) is 26.3 Å². The average molecular weight is 303 g/mol. The first-order chi connectivity index (χ1) is 9.31. The lowest BCUT2D eigenvalue weighted by atomic mass is 10.0. The lowest BCUT2D eigenvalue weighted by molar-refractivity contribution is -0.0328. The lowest BCUT2D eigenvalue weighted by Crippen LogP contribution is -2.18. The van der Waals surface area contributed by atoms with Gasteiger partial charge in [-0.1, -0.05) is 44.6 Å². The molecule has 0 fully saturated rings. The minimum absolute atomic E-state index is 0.0845. The summed E-state index contributed by atoms with van der Waals surface area (Å²) in [4.78, 5) is 0.215. The van der Waals surface area contributed by atoms with Gasteiger partial charge in [0.2, 0.25) is 0 Å². The van der Waals surface area contributed by atoms with Crippen molar-refractivity contribution in [3.63, 3.8) is 0 Å². The number of likely N-dealkylation sites (N-methyl/N-ethyl adjacent to an activating group) is 1. The molecule has 1 aromatic carbocycles. The quantitative estimate of drug-likeness (QED) is 0.746. The topological polar surface area (TPSA) is 12.0 Å². The fourth-order valence-electron chi connectivity index (χ4n) is 1.67. The number of hydrogen-bond donors (Lipinski definition) is 1. The molecule has 20 heavy (non-hydrogen) atoms. The molecule has 0 unspecified atom stereocenters. The maximum Gasteiger partial charge on any atom is 0.446 e. The van der Waals surface area contributed by atoms with E-state index in [1.807, 2.05) is 13.0 Å². The van der Waals surface area contributed by atoms with E-state index in [4.69, 9.17) is 0 Å². The second kappa shape index (κ2) is 7.74. The van der Waals surface area contributed by atoms with E-state index in [1.54, 1.807) is 12.1 Å². The molecule has 0 amide bonds. The van der Waals surface area contributed by atoms with E-state index in [1.165, 1.54) is 17.7 Å². The van der Waals surface area contributed by atoms with Gasteiger partial charge in [-0.3, -0.25) is 0 Å². The molecule has 112 valence electrons. The van der Waals surface area contributed by atoms with Crippen LogP contribution in [0.2, 0.25) is 0 Å². The van der Waals surface area contributed by atoms with E-state index in [0.717, 1.165) is 18.7 Å². The van der Waals surface area contributed by atoms with E-state index in [0.29, 0.717) is 5.92 Å². The highest BCUT2D eigenvalue weighted by Gasteiger charge is 2.28. The van der Waals surface area contributed by atoms with Crippen LogP contribution in [0, 0.1) is 5.92 Å². The molecular formula is C15H20F3NS. The zero-order valence-corrected chi connectivity index (χ0v) is 12.7. The number of halogens is 3. The Morgan fingerprint density at radius 3 is 2.30 bits per heavy atom. The van der Waals surface area contributed by atoms with Crippen molar-refractivity contribution in [3.8, 4) is 0 Å². The van der Waals surface area contributed by atoms with Crippen molar-refractivity contribution in [1.82, 2.24) is 5.32 Å². The summed E-state index contributed by atoms with van der Waals surface area (Å²) in [5.74, 6) is 0.401. The van der Waals surface area contributed by atoms with Gasteiger partial charge >= 0.3 is 5.51 Å². The molecule has 0 aliphatic rings. The van der Waals surface area contributed by atoms with E-state index in [9.17, 15) is 13.2 Å². The maximum atomic E-state index is 12.2. The molecule has 0 atom stereocenters. The Labute approximate surface area is 122 Å². The van der Waals surface area contributed by atoms with Gasteiger partial charge in [0.15, 0.2) is 0 Å². The van der Waals surface area contributed by atoms with Gasteiger partial charge in [-0.25, -0.2) is 0 Å². The summed E-state index contributed by atoms with van der Waals surface area (Å²) in [6, 6.07) is 6.47. The molecule has 1 aromatic rings. The smallest absolute Gasteiger partial charge is 0.313 e. The molecular weight excluding hydrogens is 283 g/mol. The number of nitrogens with one attached hydrogen (secondary N) is 1. The van der Waals surface area contributed by atoms with Gasteiger partial charge in [0, 0.05) is 11.4 Å². The minimum atomic E-state index is -4.23. The fourth-order valence-corrected chi connectivity index (χ4v) is 2.21. The molecule has 0 saturated heterocycles. The highest BCUT2D eigenvalue weighted by molar-refractivity contribution is 8.00. The standard InChI is InChI=1S/C15H20F3NS/c1-4-19-10-13(11(2)3)9-12-5-7-14(8-6-12)20-15(16,17)18/h5-9,11,19H,4,10H2,1-3H3. The summed E-state index contributed by atoms with van der Waals surface area (Å²) >= 11 is -0.0845. The highest BCUT2D eigenvalue weighted by Crippen LogP contribution is 2.36. The minimum Gasteiger partial charge on any atom is -0.313 e. The summed E-state index contributed by atoms with van der Waals surface area (Å²) in [7, 11) is 0. The van der Waals surface area contributed by atoms with Crippen molar-refractivity contribution in [2.45, 2.75) is 31.2 Å². The number of rotatable bonds is 6. The van der Waals surface area contributed by atoms with Gasteiger partial charge in [0.05, 0.1) is 0 Å². The van der Waals surface area contributed by atoms with E-state index in [2.05, 4.69) is 19.2 Å². The molecule has 0 spiro atoms. The highest BCUT2D eigenvalue weighted by atomic mass is 32.2. The number of thioether (sulfide) groups is 1. The van der Waals surface area contributed by atoms with Crippen molar-refractivity contribution in [3.05, 3.63) is 35.4 Å². The molecule has 0 aliphatic carbocycles. The summed E-state index contributed by atoms with van der Waals surface area (Å²) in [5, 5.41) is 3.27. The Hall–Kier alpha value is -0.940. The zero-order chi connectivity index (χ0) is 15.2. The monoisotopic (exact) mass is 303 g/mol. The third-order valence-electron chi connectivity index (χ3n) is 2.79. The lowest BCUT2D eigenvalue weighted by Gasteiger charge is -2.12. The van der Waals surface area contributed by atoms with Crippen molar-refractivity contribution < 1.29 is 13.2 Å². The summed E-state index contributed by atoms with van der Waals surface area (Å²) < 4.78 is 36.7. The number of hydrogen-bond acceptors (Lipinski definition) is 2. The van der Waals surface area contributed by atoms with Gasteiger partial charge in [0.25, 0.3) is 0 Å². The Morgan fingerprint density at radius 1 is 1.25 bits per heavy atom. The first-order valence-electron chi connectivity index (χ1n) is 6.59. The molecule has 5 heteroatoms. The van der Waals surface area contributed by atoms with Crippen LogP contribution in [-0.2, 0) is 0 Å². The van der Waals surface area contributed by atoms with Crippen LogP contribution >= 0.6 is 11.8 Å². The van der Waals surface area contributed by atoms with E-state index >= 15 is 0 Å². The second-order valence-corrected chi connectivity index (χ2v) is 5.91. The predicted octanol–water partition coefficient (Wildman–Crippen LogP) is 4.95. The molecule has 0 aliphatic heterocycles. The SMILES string of the molecule is CCNCC(=Cc1ccc(SC(F)(F)F)cc1)C(C)C. The van der Waals surface area contributed by atoms with Crippen LogP contribution in [0.3, 0.4) is 0 Å². The molecule has 0 bridgehead atoms.